The summed E-state index contributed by atoms with van der Waals surface area (Å²) in [4.78, 5) is 53.1. The van der Waals surface area contributed by atoms with Crippen molar-refractivity contribution >= 4 is 71.2 Å². The Hall–Kier alpha value is -2.87. The van der Waals surface area contributed by atoms with Crippen molar-refractivity contribution in [3.8, 4) is 5.75 Å². The second-order valence-electron chi connectivity index (χ2n) is 11.0. The molecule has 8 N–H and O–H groups in total. The summed E-state index contributed by atoms with van der Waals surface area (Å²) >= 11 is 6.41. The Morgan fingerprint density at radius 3 is 2.40 bits per heavy atom. The normalized spacial score (nSPS) is 24.5. The zero-order valence-corrected chi connectivity index (χ0v) is 26.3. The van der Waals surface area contributed by atoms with Gasteiger partial charge in [-0.1, -0.05) is 31.4 Å². The Labute approximate surface area is 266 Å². The van der Waals surface area contributed by atoms with E-state index in [-0.39, 0.29) is 66.0 Å². The molecule has 3 aliphatic rings. The largest absolute Gasteiger partial charge is 0.508 e. The van der Waals surface area contributed by atoms with Crippen LogP contribution in [0.25, 0.3) is 5.76 Å². The van der Waals surface area contributed by atoms with Crippen molar-refractivity contribution in [2.45, 2.75) is 50.7 Å². The van der Waals surface area contributed by atoms with Crippen LogP contribution in [0.15, 0.2) is 23.0 Å². The number of aliphatic hydroxyl groups excluding tert-OH is 2. The molecule has 0 aliphatic heterocycles. The van der Waals surface area contributed by atoms with Crippen LogP contribution < -0.4 is 16.4 Å². The number of hydrogen-bond acceptors (Lipinski definition) is 10. The van der Waals surface area contributed by atoms with Crippen molar-refractivity contribution in [1.29, 1.82) is 0 Å². The zero-order valence-electron chi connectivity index (χ0n) is 23.9. The standard InChI is InChI=1S/C28H35ClN4O8.2ClH/c1-4-5-6-7-31-11-16(34)32-20-15(29)10-13-8-12-9-14-21(33(2)3)24(37)19(27(30)40)26(39)28(14,41)25(38)18(12)22(35)17(13)23(20)36;;/h10,12,14,21,31,35-36,39,41H,4-9,11H2,1-3H3,(H2,30,40)(H,32,34);2*1H/t12?,14?,21-,28?;;/m0../s1. The molecule has 0 bridgehead atoms. The molecule has 3 aliphatic carbocycles. The summed E-state index contributed by atoms with van der Waals surface area (Å²) in [6.07, 6.45) is 3.00. The molecule has 1 aromatic rings. The highest BCUT2D eigenvalue weighted by Gasteiger charge is 2.64. The third kappa shape index (κ3) is 6.09. The number of rotatable bonds is 9. The number of nitrogens with one attached hydrogen (secondary N) is 2. The third-order valence-corrected chi connectivity index (χ3v) is 8.47. The van der Waals surface area contributed by atoms with Gasteiger partial charge in [0.15, 0.2) is 17.1 Å². The number of primary amides is 1. The van der Waals surface area contributed by atoms with Crippen molar-refractivity contribution in [2.75, 3.05) is 32.5 Å². The van der Waals surface area contributed by atoms with Crippen LogP contribution in [0.2, 0.25) is 5.02 Å². The van der Waals surface area contributed by atoms with Gasteiger partial charge in [0, 0.05) is 11.5 Å². The topological polar surface area (TPSA) is 203 Å². The number of hydrogen-bond donors (Lipinski definition) is 7. The first-order valence-corrected chi connectivity index (χ1v) is 13.8. The molecule has 0 spiro atoms. The van der Waals surface area contributed by atoms with Gasteiger partial charge in [-0.25, -0.2) is 0 Å². The number of aliphatic hydroxyl groups is 3. The highest BCUT2D eigenvalue weighted by molar-refractivity contribution is 6.34. The summed E-state index contributed by atoms with van der Waals surface area (Å²) in [6.45, 7) is 2.65. The molecule has 0 aromatic heterocycles. The van der Waals surface area contributed by atoms with Crippen LogP contribution in [0, 0.1) is 11.8 Å². The van der Waals surface area contributed by atoms with Crippen LogP contribution in [0.5, 0.6) is 5.75 Å². The predicted octanol–water partition coefficient (Wildman–Crippen LogP) is 2.18. The van der Waals surface area contributed by atoms with Crippen LogP contribution in [-0.4, -0.2) is 87.5 Å². The number of unbranched alkanes of at least 4 members (excludes halogenated alkanes) is 2. The number of halogens is 3. The monoisotopic (exact) mass is 662 g/mol. The number of benzene rings is 1. The summed E-state index contributed by atoms with van der Waals surface area (Å²) in [5.74, 6) is -8.01. The summed E-state index contributed by atoms with van der Waals surface area (Å²) in [5, 5.41) is 50.6. The van der Waals surface area contributed by atoms with E-state index in [2.05, 4.69) is 17.6 Å². The SMILES string of the molecule is CCCCCNCC(=O)Nc1c(Cl)cc2c(c1O)C(O)=C1C(=O)C3(O)C(O)=C(C(N)=O)C(=O)[C@@H](N(C)C)C3CC1C2.Cl.Cl. The number of nitrogens with zero attached hydrogens (tertiary/aromatic N) is 1. The molecule has 1 aromatic carbocycles. The zero-order chi connectivity index (χ0) is 30.4. The minimum atomic E-state index is -2.73. The van der Waals surface area contributed by atoms with Crippen LogP contribution in [-0.2, 0) is 25.6 Å². The van der Waals surface area contributed by atoms with E-state index in [9.17, 15) is 39.6 Å². The maximum absolute atomic E-state index is 13.9. The number of likely N-dealkylation sites (N-methyl/N-ethyl adjacent to an activating group) is 1. The quantitative estimate of drug-likeness (QED) is 0.117. The number of nitrogens with two attached hydrogens (primary N) is 1. The number of carbonyl (C=O) groups excluding carboxylic acids is 4. The van der Waals surface area contributed by atoms with E-state index in [1.807, 2.05) is 0 Å². The third-order valence-electron chi connectivity index (χ3n) is 8.17. The summed E-state index contributed by atoms with van der Waals surface area (Å²) < 4.78 is 0. The Balaban J connectivity index is 0.00000323. The lowest BCUT2D eigenvalue weighted by Gasteiger charge is -2.50. The molecule has 0 radical (unpaired) electrons. The molecule has 3 unspecified atom stereocenters. The van der Waals surface area contributed by atoms with Crippen molar-refractivity contribution in [3.05, 3.63) is 39.1 Å². The molecule has 15 heteroatoms. The van der Waals surface area contributed by atoms with Gasteiger partial charge >= 0.3 is 0 Å². The van der Waals surface area contributed by atoms with Gasteiger partial charge in [0.2, 0.25) is 11.7 Å². The Morgan fingerprint density at radius 1 is 1.16 bits per heavy atom. The molecule has 1 fully saturated rings. The van der Waals surface area contributed by atoms with E-state index in [1.165, 1.54) is 25.1 Å². The molecular formula is C28H37Cl3N4O8. The molecule has 4 rings (SSSR count). The number of amides is 2. The second-order valence-corrected chi connectivity index (χ2v) is 11.4. The molecule has 4 atom stereocenters. The van der Waals surface area contributed by atoms with E-state index < -0.39 is 69.7 Å². The van der Waals surface area contributed by atoms with Gasteiger partial charge in [0.25, 0.3) is 5.91 Å². The lowest BCUT2D eigenvalue weighted by molar-refractivity contribution is -0.153. The van der Waals surface area contributed by atoms with Gasteiger partial charge in [-0.15, -0.1) is 24.8 Å². The molecule has 238 valence electrons. The molecule has 43 heavy (non-hydrogen) atoms. The van der Waals surface area contributed by atoms with Crippen LogP contribution in [0.3, 0.4) is 0 Å². The molecule has 0 saturated heterocycles. The molecule has 2 amide bonds. The van der Waals surface area contributed by atoms with E-state index in [4.69, 9.17) is 17.3 Å². The average Bonchev–Trinajstić information content (AvgIpc) is 2.88. The Morgan fingerprint density at radius 2 is 1.81 bits per heavy atom. The lowest BCUT2D eigenvalue weighted by atomic mass is 9.57. The van der Waals surface area contributed by atoms with Crippen molar-refractivity contribution < 1.29 is 39.6 Å². The maximum atomic E-state index is 13.9. The number of Topliss-reactive ketones (excluding diaryl/α,β-unsaturated/α-hetero) is 2. The Bertz CT molecular complexity index is 1400. The van der Waals surface area contributed by atoms with Crippen molar-refractivity contribution in [2.24, 2.45) is 17.6 Å². The van der Waals surface area contributed by atoms with Crippen LogP contribution in [0.1, 0.15) is 43.7 Å². The fourth-order valence-corrected chi connectivity index (χ4v) is 6.54. The first-order chi connectivity index (χ1) is 19.3. The van der Waals surface area contributed by atoms with Gasteiger partial charge in [0.1, 0.15) is 22.8 Å². The van der Waals surface area contributed by atoms with Crippen LogP contribution >= 0.6 is 36.4 Å². The summed E-state index contributed by atoms with van der Waals surface area (Å²) in [7, 11) is 3.06. The number of anilines is 1. The van der Waals surface area contributed by atoms with E-state index >= 15 is 0 Å². The first kappa shape index (κ1) is 36.3. The molecule has 0 heterocycles. The van der Waals surface area contributed by atoms with E-state index in [0.29, 0.717) is 12.1 Å². The van der Waals surface area contributed by atoms with Gasteiger partial charge in [-0.05, 0) is 57.5 Å². The van der Waals surface area contributed by atoms with Gasteiger partial charge < -0.3 is 36.8 Å². The van der Waals surface area contributed by atoms with Gasteiger partial charge in [0.05, 0.1) is 23.2 Å². The fraction of sp³-hybridized carbons (Fsp3) is 0.500. The molecule has 12 nitrogen and oxygen atoms in total. The number of carbonyl (C=O) groups is 4. The highest BCUT2D eigenvalue weighted by atomic mass is 35.5. The summed E-state index contributed by atoms with van der Waals surface area (Å²) in [5.41, 5.74) is 1.51. The van der Waals surface area contributed by atoms with E-state index in [1.54, 1.807) is 0 Å². The number of ketones is 2. The first-order valence-electron chi connectivity index (χ1n) is 13.5. The van der Waals surface area contributed by atoms with Gasteiger partial charge in [-0.3, -0.25) is 24.1 Å². The predicted molar refractivity (Wildman–Crippen MR) is 165 cm³/mol. The smallest absolute Gasteiger partial charge is 0.255 e. The van der Waals surface area contributed by atoms with Crippen molar-refractivity contribution in [1.82, 2.24) is 10.2 Å². The highest BCUT2D eigenvalue weighted by Crippen LogP contribution is 2.54. The van der Waals surface area contributed by atoms with Gasteiger partial charge in [-0.2, -0.15) is 0 Å². The number of phenolic OH excluding ortho intramolecular Hbond substituents is 1. The number of aromatic hydroxyl groups is 1. The van der Waals surface area contributed by atoms with Crippen molar-refractivity contribution in [3.63, 3.8) is 0 Å². The summed E-state index contributed by atoms with van der Waals surface area (Å²) in [6, 6.07) is 0.301. The minimum absolute atomic E-state index is 0. The fourth-order valence-electron chi connectivity index (χ4n) is 6.27. The maximum Gasteiger partial charge on any atom is 0.255 e. The average molecular weight is 664 g/mol. The molecule has 1 saturated carbocycles. The second kappa shape index (κ2) is 13.8. The minimum Gasteiger partial charge on any atom is -0.508 e. The molecular weight excluding hydrogens is 627 g/mol. The lowest BCUT2D eigenvalue weighted by Crippen LogP contribution is -2.65. The Kier molecular flexibility index (Phi) is 11.7. The van der Waals surface area contributed by atoms with Crippen LogP contribution in [0.4, 0.5) is 5.69 Å². The number of fused-ring (bicyclic) bond motifs is 3. The number of phenols is 1. The van der Waals surface area contributed by atoms with E-state index in [0.717, 1.165) is 19.3 Å².